The number of nitrogens with one attached hydrogen (secondary N) is 2. The highest BCUT2D eigenvalue weighted by molar-refractivity contribution is 7.85. The van der Waals surface area contributed by atoms with E-state index in [1.54, 1.807) is 0 Å². The maximum Gasteiger partial charge on any atom is 0.326 e. The van der Waals surface area contributed by atoms with E-state index in [4.69, 9.17) is 62.2 Å². The lowest BCUT2D eigenvalue weighted by Gasteiger charge is -2.14. The summed E-state index contributed by atoms with van der Waals surface area (Å²) in [5.74, 6) is -1.98. The van der Waals surface area contributed by atoms with Gasteiger partial charge in [-0.3, -0.25) is 14.1 Å². The van der Waals surface area contributed by atoms with Gasteiger partial charge in [-0.1, -0.05) is 75.7 Å². The quantitative estimate of drug-likeness (QED) is 0.0217. The number of hydrogen-bond acceptors (Lipinski definition) is 17. The van der Waals surface area contributed by atoms with Gasteiger partial charge < -0.3 is 67.8 Å². The van der Waals surface area contributed by atoms with Crippen molar-refractivity contribution in [3.05, 3.63) is 10.4 Å². The molecule has 0 radical (unpaired) electrons. The molecule has 24 heteroatoms. The molecule has 0 aliphatic heterocycles. The van der Waals surface area contributed by atoms with Crippen LogP contribution in [-0.4, -0.2) is 206 Å². The second kappa shape index (κ2) is 53.0. The molecule has 0 fully saturated rings. The molecule has 0 bridgehead atoms. The van der Waals surface area contributed by atoms with Crippen LogP contribution in [0.5, 0.6) is 0 Å². The van der Waals surface area contributed by atoms with Crippen LogP contribution >= 0.6 is 0 Å². The van der Waals surface area contributed by atoms with Gasteiger partial charge in [0.2, 0.25) is 11.8 Å². The van der Waals surface area contributed by atoms with E-state index in [-0.39, 0.29) is 50.0 Å². The Balaban J connectivity index is 3.41. The van der Waals surface area contributed by atoms with Crippen molar-refractivity contribution in [2.24, 2.45) is 5.11 Å². The first-order chi connectivity index (χ1) is 33.7. The van der Waals surface area contributed by atoms with Crippen molar-refractivity contribution in [3.8, 4) is 0 Å². The maximum atomic E-state index is 12.3. The van der Waals surface area contributed by atoms with Gasteiger partial charge in [0.05, 0.1) is 151 Å². The Labute approximate surface area is 410 Å². The van der Waals surface area contributed by atoms with Crippen LogP contribution in [0.2, 0.25) is 0 Å². The third-order valence-corrected chi connectivity index (χ3v) is 10.6. The molecule has 0 saturated carbocycles. The number of carboxylic acids is 1. The second-order valence-electron chi connectivity index (χ2n) is 15.7. The molecule has 0 aliphatic rings. The van der Waals surface area contributed by atoms with E-state index < -0.39 is 22.1 Å². The summed E-state index contributed by atoms with van der Waals surface area (Å²) in [6.45, 7) is 10.1. The van der Waals surface area contributed by atoms with Crippen molar-refractivity contribution in [1.29, 1.82) is 0 Å². The molecule has 0 aliphatic carbocycles. The number of azide groups is 1. The molecule has 1 unspecified atom stereocenters. The van der Waals surface area contributed by atoms with Gasteiger partial charge in [-0.15, -0.1) is 0 Å². The molecule has 0 saturated heterocycles. The van der Waals surface area contributed by atoms with Crippen molar-refractivity contribution in [2.45, 2.75) is 109 Å². The van der Waals surface area contributed by atoms with Crippen molar-refractivity contribution in [2.75, 3.05) is 164 Å². The summed E-state index contributed by atoms with van der Waals surface area (Å²) in [5, 5.41) is 18.1. The maximum absolute atomic E-state index is 12.3. The van der Waals surface area contributed by atoms with Gasteiger partial charge in [0, 0.05) is 30.8 Å². The third kappa shape index (κ3) is 56.0. The number of rotatable bonds is 57. The average Bonchev–Trinajstić information content (AvgIpc) is 3.32. The van der Waals surface area contributed by atoms with Crippen LogP contribution in [0.1, 0.15) is 103 Å². The summed E-state index contributed by atoms with van der Waals surface area (Å²) in [6.07, 6.45) is 13.0. The lowest BCUT2D eigenvalue weighted by atomic mass is 10.0. The number of carbonyl (C=O) groups excluding carboxylic acids is 2. The fourth-order valence-electron chi connectivity index (χ4n) is 6.12. The van der Waals surface area contributed by atoms with Crippen molar-refractivity contribution < 1.29 is 84.6 Å². The summed E-state index contributed by atoms with van der Waals surface area (Å²) in [7, 11) is -3.84. The monoisotopic (exact) mass is 1020 g/mol. The van der Waals surface area contributed by atoms with E-state index in [9.17, 15) is 27.9 Å². The molecular weight excluding hydrogens is 931 g/mol. The molecule has 1 atom stereocenters. The van der Waals surface area contributed by atoms with Crippen LogP contribution in [0.15, 0.2) is 5.11 Å². The SMILES string of the molecule is [N-]=[N+]=NCCOCCOCCOCCOCCOCCOCCOCCOCCOCCOCCOCCNC(=O)CCC(NC(=O)CCCCCCCCCCCCCCCS(=O)(=O)O)C(=O)O. The van der Waals surface area contributed by atoms with Gasteiger partial charge >= 0.3 is 5.97 Å². The zero-order valence-corrected chi connectivity index (χ0v) is 42.1. The number of amides is 2. The van der Waals surface area contributed by atoms with Crippen molar-refractivity contribution in [3.63, 3.8) is 0 Å². The predicted octanol–water partition coefficient (Wildman–Crippen LogP) is 4.29. The minimum atomic E-state index is -3.84. The summed E-state index contributed by atoms with van der Waals surface area (Å²) >= 11 is 0. The van der Waals surface area contributed by atoms with E-state index in [1.807, 2.05) is 0 Å². The zero-order chi connectivity index (χ0) is 50.4. The van der Waals surface area contributed by atoms with Crippen LogP contribution in [0.3, 0.4) is 0 Å². The number of hydrogen-bond donors (Lipinski definition) is 4. The van der Waals surface area contributed by atoms with E-state index in [0.29, 0.717) is 158 Å². The Morgan fingerprint density at radius 3 is 1.12 bits per heavy atom. The highest BCUT2D eigenvalue weighted by atomic mass is 32.2. The molecule has 0 rings (SSSR count). The second-order valence-corrected chi connectivity index (χ2v) is 17.2. The van der Waals surface area contributed by atoms with Crippen LogP contribution in [0.25, 0.3) is 10.4 Å². The number of nitrogens with zero attached hydrogens (tertiary/aromatic N) is 3. The fourth-order valence-corrected chi connectivity index (χ4v) is 6.69. The number of unbranched alkanes of at least 4 members (excludes halogenated alkanes) is 12. The van der Waals surface area contributed by atoms with Crippen LogP contribution in [-0.2, 0) is 76.6 Å². The zero-order valence-electron chi connectivity index (χ0n) is 41.2. The van der Waals surface area contributed by atoms with E-state index in [1.165, 1.54) is 6.42 Å². The predicted molar refractivity (Wildman–Crippen MR) is 256 cm³/mol. The largest absolute Gasteiger partial charge is 0.480 e. The topological polar surface area (TPSA) is 300 Å². The lowest BCUT2D eigenvalue weighted by Crippen LogP contribution is -2.41. The minimum Gasteiger partial charge on any atom is -0.480 e. The highest BCUT2D eigenvalue weighted by Gasteiger charge is 2.20. The standard InChI is InChI=1S/C45H87N5O18S/c46-50-48-18-20-59-22-24-61-26-28-63-30-32-65-34-36-67-38-40-68-39-37-66-35-33-64-31-29-62-27-25-60-23-21-58-19-17-47-43(51)16-15-42(45(53)54)49-44(52)14-12-10-8-6-4-2-1-3-5-7-9-11-13-41-69(55,56)57/h42H,1-41H2,(H,47,51)(H,49,52)(H,53,54)(H,55,56,57). The Morgan fingerprint density at radius 2 is 0.783 bits per heavy atom. The fraction of sp³-hybridized carbons (Fsp3) is 0.933. The summed E-state index contributed by atoms with van der Waals surface area (Å²) in [5.41, 5.74) is 8.16. The van der Waals surface area contributed by atoms with Gasteiger partial charge in [0.25, 0.3) is 10.1 Å². The minimum absolute atomic E-state index is 0.00738. The van der Waals surface area contributed by atoms with Gasteiger partial charge in [-0.05, 0) is 24.8 Å². The third-order valence-electron chi connectivity index (χ3n) is 9.79. The number of carboxylic acid groups (broad SMARTS) is 1. The molecular formula is C45H87N5O18S. The first-order valence-corrected chi connectivity index (χ1v) is 26.4. The number of aliphatic carboxylic acids is 1. The molecule has 4 N–H and O–H groups in total. The lowest BCUT2D eigenvalue weighted by molar-refractivity contribution is -0.142. The molecule has 406 valence electrons. The van der Waals surface area contributed by atoms with Gasteiger partial charge in [0.15, 0.2) is 0 Å². The Hall–Kier alpha value is -2.81. The first kappa shape index (κ1) is 66.2. The van der Waals surface area contributed by atoms with Gasteiger partial charge in [0.1, 0.15) is 6.04 Å². The van der Waals surface area contributed by atoms with E-state index >= 15 is 0 Å². The molecule has 23 nitrogen and oxygen atoms in total. The Morgan fingerprint density at radius 1 is 0.464 bits per heavy atom. The normalized spacial score (nSPS) is 12.0. The molecule has 0 aromatic carbocycles. The summed E-state index contributed by atoms with van der Waals surface area (Å²) in [4.78, 5) is 38.9. The van der Waals surface area contributed by atoms with Crippen molar-refractivity contribution in [1.82, 2.24) is 10.6 Å². The molecule has 0 spiro atoms. The van der Waals surface area contributed by atoms with E-state index in [2.05, 4.69) is 20.7 Å². The molecule has 0 heterocycles. The van der Waals surface area contributed by atoms with Gasteiger partial charge in [-0.2, -0.15) is 8.42 Å². The summed E-state index contributed by atoms with van der Waals surface area (Å²) < 4.78 is 90.0. The Bertz CT molecular complexity index is 1340. The van der Waals surface area contributed by atoms with Crippen LogP contribution in [0.4, 0.5) is 0 Å². The Kier molecular flexibility index (Phi) is 50.8. The molecule has 0 aromatic heterocycles. The summed E-state index contributed by atoms with van der Waals surface area (Å²) in [6, 6.07) is -1.13. The number of carbonyl (C=O) groups is 3. The van der Waals surface area contributed by atoms with Crippen molar-refractivity contribution >= 4 is 27.9 Å². The van der Waals surface area contributed by atoms with Gasteiger partial charge in [-0.25, -0.2) is 4.79 Å². The first-order valence-electron chi connectivity index (χ1n) is 24.8. The molecule has 0 aromatic rings. The van der Waals surface area contributed by atoms with E-state index in [0.717, 1.165) is 64.2 Å². The molecule has 2 amide bonds. The molecule has 69 heavy (non-hydrogen) atoms. The van der Waals surface area contributed by atoms with Crippen LogP contribution < -0.4 is 10.6 Å². The smallest absolute Gasteiger partial charge is 0.326 e. The van der Waals surface area contributed by atoms with Crippen LogP contribution in [0, 0.1) is 0 Å². The average molecular weight is 1020 g/mol. The highest BCUT2D eigenvalue weighted by Crippen LogP contribution is 2.13. The number of ether oxygens (including phenoxy) is 11.